The maximum Gasteiger partial charge on any atom is 0.335 e. The van der Waals surface area contributed by atoms with Gasteiger partial charge in [-0.25, -0.2) is 19.0 Å². The monoisotopic (exact) mass is 423 g/mol. The minimum absolute atomic E-state index is 0.0667. The summed E-state index contributed by atoms with van der Waals surface area (Å²) in [5.74, 6) is -0.672. The van der Waals surface area contributed by atoms with Crippen molar-refractivity contribution < 1.29 is 23.8 Å². The first-order valence-corrected chi connectivity index (χ1v) is 9.25. The van der Waals surface area contributed by atoms with Gasteiger partial charge in [0.1, 0.15) is 23.9 Å². The van der Waals surface area contributed by atoms with Gasteiger partial charge in [-0.05, 0) is 36.4 Å². The highest BCUT2D eigenvalue weighted by Gasteiger charge is 2.17. The van der Waals surface area contributed by atoms with Crippen molar-refractivity contribution >= 4 is 11.6 Å². The van der Waals surface area contributed by atoms with Gasteiger partial charge in [-0.1, -0.05) is 0 Å². The van der Waals surface area contributed by atoms with E-state index in [9.17, 15) is 14.0 Å². The third-order valence-corrected chi connectivity index (χ3v) is 4.77. The van der Waals surface area contributed by atoms with Gasteiger partial charge < -0.3 is 19.1 Å². The highest BCUT2D eigenvalue weighted by Crippen LogP contribution is 2.32. The van der Waals surface area contributed by atoms with Crippen molar-refractivity contribution in [1.29, 1.82) is 0 Å². The van der Waals surface area contributed by atoms with Crippen LogP contribution >= 0.6 is 0 Å². The fourth-order valence-electron chi connectivity index (χ4n) is 3.24. The molecule has 0 saturated heterocycles. The summed E-state index contributed by atoms with van der Waals surface area (Å²) in [6, 6.07) is 10.1. The summed E-state index contributed by atoms with van der Waals surface area (Å²) in [6.07, 6.45) is 3.19. The minimum Gasteiger partial charge on any atom is -0.496 e. The van der Waals surface area contributed by atoms with E-state index in [-0.39, 0.29) is 17.9 Å². The van der Waals surface area contributed by atoms with E-state index in [4.69, 9.17) is 14.6 Å². The number of aryl methyl sites for hydroxylation is 1. The first-order valence-electron chi connectivity index (χ1n) is 9.25. The number of aromatic carboxylic acids is 1. The predicted octanol–water partition coefficient (Wildman–Crippen LogP) is 3.12. The van der Waals surface area contributed by atoms with Crippen LogP contribution in [-0.2, 0) is 13.7 Å². The molecular weight excluding hydrogens is 405 g/mol. The predicted molar refractivity (Wildman–Crippen MR) is 110 cm³/mol. The van der Waals surface area contributed by atoms with Crippen molar-refractivity contribution in [3.05, 3.63) is 82.4 Å². The third kappa shape index (κ3) is 3.85. The maximum absolute atomic E-state index is 13.6. The van der Waals surface area contributed by atoms with Gasteiger partial charge in [-0.15, -0.1) is 0 Å². The van der Waals surface area contributed by atoms with Crippen LogP contribution in [0.4, 0.5) is 4.39 Å². The molecule has 0 radical (unpaired) electrons. The van der Waals surface area contributed by atoms with Crippen molar-refractivity contribution in [2.45, 2.75) is 6.61 Å². The number of methoxy groups -OCH3 is 1. The van der Waals surface area contributed by atoms with Gasteiger partial charge in [0, 0.05) is 36.6 Å². The molecule has 0 amide bonds. The second-order valence-electron chi connectivity index (χ2n) is 6.82. The zero-order valence-corrected chi connectivity index (χ0v) is 16.7. The lowest BCUT2D eigenvalue weighted by molar-refractivity contribution is 0.0697. The van der Waals surface area contributed by atoms with E-state index >= 15 is 0 Å². The van der Waals surface area contributed by atoms with Gasteiger partial charge in [0.05, 0.1) is 18.4 Å². The number of halogens is 1. The Kier molecular flexibility index (Phi) is 5.16. The molecule has 0 atom stereocenters. The Hall–Kier alpha value is -4.14. The van der Waals surface area contributed by atoms with E-state index in [0.717, 1.165) is 0 Å². The van der Waals surface area contributed by atoms with Crippen molar-refractivity contribution in [3.63, 3.8) is 0 Å². The van der Waals surface area contributed by atoms with Gasteiger partial charge in [0.2, 0.25) is 0 Å². The molecule has 0 saturated carbocycles. The zero-order chi connectivity index (χ0) is 22.1. The van der Waals surface area contributed by atoms with Crippen LogP contribution in [0.3, 0.4) is 0 Å². The number of carboxylic acid groups (broad SMARTS) is 1. The Bertz CT molecular complexity index is 1340. The fraction of sp³-hybridized carbons (Fsp3) is 0.136. The lowest BCUT2D eigenvalue weighted by Crippen LogP contribution is -2.23. The molecule has 0 spiro atoms. The average molecular weight is 423 g/mol. The van der Waals surface area contributed by atoms with Crippen LogP contribution in [-0.4, -0.2) is 32.1 Å². The summed E-state index contributed by atoms with van der Waals surface area (Å²) in [6.45, 7) is 0.0667. The molecule has 158 valence electrons. The molecule has 2 aromatic carbocycles. The molecule has 4 rings (SSSR count). The Balaban J connectivity index is 1.71. The summed E-state index contributed by atoms with van der Waals surface area (Å²) in [4.78, 5) is 28.1. The van der Waals surface area contributed by atoms with Crippen molar-refractivity contribution in [2.75, 3.05) is 7.11 Å². The molecule has 0 fully saturated rings. The van der Waals surface area contributed by atoms with Gasteiger partial charge >= 0.3 is 11.7 Å². The molecule has 0 unspecified atom stereocenters. The van der Waals surface area contributed by atoms with Crippen LogP contribution in [0.15, 0.2) is 59.7 Å². The van der Waals surface area contributed by atoms with Crippen LogP contribution in [0.1, 0.15) is 16.1 Å². The van der Waals surface area contributed by atoms with Crippen LogP contribution in [0.2, 0.25) is 0 Å². The number of rotatable bonds is 6. The molecule has 9 heteroatoms. The van der Waals surface area contributed by atoms with E-state index < -0.39 is 11.8 Å². The topological polar surface area (TPSA) is 95.1 Å². The molecule has 31 heavy (non-hydrogen) atoms. The number of ether oxygens (including phenoxy) is 2. The molecule has 8 nitrogen and oxygen atoms in total. The number of carbonyl (C=O) groups is 1. The molecule has 4 aromatic rings. The van der Waals surface area contributed by atoms with Gasteiger partial charge in [-0.2, -0.15) is 0 Å². The molecule has 0 bridgehead atoms. The van der Waals surface area contributed by atoms with Gasteiger partial charge in [-0.3, -0.25) is 4.40 Å². The minimum atomic E-state index is -1.02. The number of fused-ring (bicyclic) bond motifs is 1. The highest BCUT2D eigenvalue weighted by atomic mass is 19.1. The normalized spacial score (nSPS) is 10.9. The van der Waals surface area contributed by atoms with Gasteiger partial charge in [0.15, 0.2) is 5.65 Å². The maximum atomic E-state index is 13.6. The summed E-state index contributed by atoms with van der Waals surface area (Å²) < 4.78 is 27.4. The summed E-state index contributed by atoms with van der Waals surface area (Å²) in [7, 11) is 3.05. The quantitative estimate of drug-likeness (QED) is 0.512. The van der Waals surface area contributed by atoms with Crippen molar-refractivity contribution in [3.8, 4) is 22.6 Å². The Morgan fingerprint density at radius 3 is 2.55 bits per heavy atom. The number of carboxylic acids is 1. The number of aromatic nitrogens is 3. The van der Waals surface area contributed by atoms with Crippen LogP contribution in [0.5, 0.6) is 11.5 Å². The van der Waals surface area contributed by atoms with Crippen molar-refractivity contribution in [1.82, 2.24) is 14.0 Å². The lowest BCUT2D eigenvalue weighted by Gasteiger charge is -2.11. The standard InChI is InChI=1S/C22H18FN3O5/c1-25-11-18(17-8-5-14(23)9-19(17)30-2)20-24-15(10-26(20)22(25)29)12-31-16-6-3-13(4-7-16)21(27)28/h3-11H,12H2,1-2H3,(H,27,28). The fourth-order valence-corrected chi connectivity index (χ4v) is 3.24. The number of imidazole rings is 1. The first kappa shape index (κ1) is 20.1. The molecular formula is C22H18FN3O5. The van der Waals surface area contributed by atoms with E-state index in [1.165, 1.54) is 40.3 Å². The smallest absolute Gasteiger partial charge is 0.335 e. The SMILES string of the molecule is COc1cc(F)ccc1-c1cn(C)c(=O)n2cc(COc3ccc(C(=O)O)cc3)nc12. The summed E-state index contributed by atoms with van der Waals surface area (Å²) >= 11 is 0. The van der Waals surface area contributed by atoms with Crippen LogP contribution in [0.25, 0.3) is 16.8 Å². The Morgan fingerprint density at radius 2 is 1.87 bits per heavy atom. The molecule has 2 aromatic heterocycles. The van der Waals surface area contributed by atoms with Crippen LogP contribution < -0.4 is 15.2 Å². The molecule has 0 aliphatic rings. The molecule has 1 N–H and O–H groups in total. The zero-order valence-electron chi connectivity index (χ0n) is 16.7. The first-order chi connectivity index (χ1) is 14.9. The average Bonchev–Trinajstić information content (AvgIpc) is 3.20. The number of nitrogens with zero attached hydrogens (tertiary/aromatic N) is 3. The van der Waals surface area contributed by atoms with Crippen molar-refractivity contribution in [2.24, 2.45) is 7.05 Å². The molecule has 0 aliphatic heterocycles. The lowest BCUT2D eigenvalue weighted by atomic mass is 10.1. The molecule has 0 aliphatic carbocycles. The number of benzene rings is 2. The second-order valence-corrected chi connectivity index (χ2v) is 6.82. The Morgan fingerprint density at radius 1 is 1.13 bits per heavy atom. The van der Waals surface area contributed by atoms with E-state index in [0.29, 0.717) is 34.0 Å². The third-order valence-electron chi connectivity index (χ3n) is 4.77. The number of hydrogen-bond donors (Lipinski definition) is 1. The highest BCUT2D eigenvalue weighted by molar-refractivity contribution is 5.87. The van der Waals surface area contributed by atoms with E-state index in [1.807, 2.05) is 0 Å². The summed E-state index contributed by atoms with van der Waals surface area (Å²) in [5.41, 5.74) is 1.91. The van der Waals surface area contributed by atoms with Gasteiger partial charge in [0.25, 0.3) is 0 Å². The number of hydrogen-bond acceptors (Lipinski definition) is 5. The largest absolute Gasteiger partial charge is 0.496 e. The van der Waals surface area contributed by atoms with E-state index in [1.54, 1.807) is 37.6 Å². The Labute approximate surface area is 175 Å². The second kappa shape index (κ2) is 7.94. The molecule has 2 heterocycles. The summed E-state index contributed by atoms with van der Waals surface area (Å²) in [5, 5.41) is 8.97. The van der Waals surface area contributed by atoms with E-state index in [2.05, 4.69) is 4.98 Å². The van der Waals surface area contributed by atoms with Crippen LogP contribution in [0, 0.1) is 5.82 Å².